The summed E-state index contributed by atoms with van der Waals surface area (Å²) in [5.74, 6) is -0.693. The lowest BCUT2D eigenvalue weighted by atomic mass is 10.2. The number of aromatic amines is 1. The number of rotatable bonds is 2. The van der Waals surface area contributed by atoms with Crippen molar-refractivity contribution in [2.45, 2.75) is 0 Å². The number of methoxy groups -OCH3 is 1. The molecule has 2 rings (SSSR count). The molecule has 0 aliphatic carbocycles. The maximum Gasteiger partial charge on any atom is 0.351 e. The van der Waals surface area contributed by atoms with Crippen molar-refractivity contribution in [1.82, 2.24) is 15.0 Å². The SMILES string of the molecule is COc1nc(-c2ccc(Br)c(Cl)c2F)[nH]c(=O)n1. The van der Waals surface area contributed by atoms with Crippen molar-refractivity contribution in [1.29, 1.82) is 0 Å². The zero-order chi connectivity index (χ0) is 13.3. The van der Waals surface area contributed by atoms with Crippen molar-refractivity contribution in [3.63, 3.8) is 0 Å². The van der Waals surface area contributed by atoms with Crippen molar-refractivity contribution >= 4 is 27.5 Å². The van der Waals surface area contributed by atoms with E-state index in [4.69, 9.17) is 16.3 Å². The summed E-state index contributed by atoms with van der Waals surface area (Å²) in [6.45, 7) is 0. The summed E-state index contributed by atoms with van der Waals surface area (Å²) >= 11 is 8.85. The number of aromatic nitrogens is 3. The molecule has 0 bridgehead atoms. The van der Waals surface area contributed by atoms with E-state index in [1.807, 2.05) is 0 Å². The predicted octanol–water partition coefficient (Wildman–Crippen LogP) is 2.40. The number of nitrogens with zero attached hydrogens (tertiary/aromatic N) is 2. The third-order valence-electron chi connectivity index (χ3n) is 2.10. The van der Waals surface area contributed by atoms with Crippen molar-refractivity contribution in [2.75, 3.05) is 7.11 Å². The van der Waals surface area contributed by atoms with Crippen molar-refractivity contribution in [3.8, 4) is 17.4 Å². The van der Waals surface area contributed by atoms with Crippen molar-refractivity contribution < 1.29 is 9.13 Å². The maximum absolute atomic E-state index is 13.9. The van der Waals surface area contributed by atoms with E-state index in [1.165, 1.54) is 13.2 Å². The number of benzene rings is 1. The number of hydrogen-bond donors (Lipinski definition) is 1. The Morgan fingerprint density at radius 2 is 2.17 bits per heavy atom. The first-order valence-corrected chi connectivity index (χ1v) is 5.86. The molecule has 0 unspecified atom stereocenters. The lowest BCUT2D eigenvalue weighted by Gasteiger charge is -2.06. The minimum absolute atomic E-state index is 0.00116. The van der Waals surface area contributed by atoms with Crippen LogP contribution in [0.1, 0.15) is 0 Å². The molecular weight excluding hydrogens is 328 g/mol. The lowest BCUT2D eigenvalue weighted by Crippen LogP contribution is -2.14. The molecule has 1 aromatic carbocycles. The van der Waals surface area contributed by atoms with Crippen LogP contribution in [0.15, 0.2) is 21.4 Å². The molecule has 1 heterocycles. The van der Waals surface area contributed by atoms with Gasteiger partial charge in [-0.05, 0) is 28.1 Å². The fraction of sp³-hybridized carbons (Fsp3) is 0.100. The molecule has 0 spiro atoms. The molecule has 94 valence electrons. The first-order chi connectivity index (χ1) is 8.52. The first kappa shape index (κ1) is 13.0. The molecule has 0 radical (unpaired) electrons. The third-order valence-corrected chi connectivity index (χ3v) is 3.36. The Bertz CT molecular complexity index is 662. The van der Waals surface area contributed by atoms with E-state index in [9.17, 15) is 9.18 Å². The van der Waals surface area contributed by atoms with Crippen LogP contribution in [0.5, 0.6) is 6.01 Å². The molecule has 0 amide bonds. The van der Waals surface area contributed by atoms with E-state index in [2.05, 4.69) is 30.9 Å². The number of halogens is 3. The average molecular weight is 335 g/mol. The molecule has 0 aliphatic heterocycles. The first-order valence-electron chi connectivity index (χ1n) is 4.69. The molecule has 1 N–H and O–H groups in total. The summed E-state index contributed by atoms with van der Waals surface area (Å²) in [6.07, 6.45) is 0. The Morgan fingerprint density at radius 3 is 2.83 bits per heavy atom. The smallest absolute Gasteiger partial charge is 0.351 e. The number of nitrogens with one attached hydrogen (secondary N) is 1. The highest BCUT2D eigenvalue weighted by Crippen LogP contribution is 2.31. The molecule has 2 aromatic rings. The highest BCUT2D eigenvalue weighted by Gasteiger charge is 2.15. The van der Waals surface area contributed by atoms with Gasteiger partial charge in [-0.3, -0.25) is 4.98 Å². The molecule has 8 heteroatoms. The summed E-state index contributed by atoms with van der Waals surface area (Å²) in [7, 11) is 1.31. The van der Waals surface area contributed by atoms with Crippen LogP contribution in [0.2, 0.25) is 5.02 Å². The highest BCUT2D eigenvalue weighted by atomic mass is 79.9. The topological polar surface area (TPSA) is 67.9 Å². The molecule has 0 aliphatic rings. The van der Waals surface area contributed by atoms with Crippen LogP contribution in [0.3, 0.4) is 0 Å². The zero-order valence-corrected chi connectivity index (χ0v) is 11.3. The van der Waals surface area contributed by atoms with Crippen LogP contribution in [-0.4, -0.2) is 22.1 Å². The van der Waals surface area contributed by atoms with Gasteiger partial charge in [0.1, 0.15) is 5.82 Å². The van der Waals surface area contributed by atoms with Crippen LogP contribution in [0.25, 0.3) is 11.4 Å². The van der Waals surface area contributed by atoms with Gasteiger partial charge >= 0.3 is 11.7 Å². The van der Waals surface area contributed by atoms with E-state index in [1.54, 1.807) is 6.07 Å². The van der Waals surface area contributed by atoms with Gasteiger partial charge in [0.15, 0.2) is 5.82 Å². The van der Waals surface area contributed by atoms with Crippen LogP contribution in [0, 0.1) is 5.82 Å². The summed E-state index contributed by atoms with van der Waals surface area (Å²) in [6, 6.07) is 2.84. The second-order valence-electron chi connectivity index (χ2n) is 3.21. The summed E-state index contributed by atoms with van der Waals surface area (Å²) in [5, 5.41) is -0.0917. The van der Waals surface area contributed by atoms with Crippen LogP contribution in [-0.2, 0) is 0 Å². The predicted molar refractivity (Wildman–Crippen MR) is 67.3 cm³/mol. The fourth-order valence-electron chi connectivity index (χ4n) is 1.29. The van der Waals surface area contributed by atoms with E-state index in [0.717, 1.165) is 0 Å². The summed E-state index contributed by atoms with van der Waals surface area (Å²) in [4.78, 5) is 20.9. The molecular formula is C10H6BrClFN3O2. The minimum Gasteiger partial charge on any atom is -0.467 e. The number of hydrogen-bond acceptors (Lipinski definition) is 4. The molecule has 5 nitrogen and oxygen atoms in total. The van der Waals surface area contributed by atoms with E-state index >= 15 is 0 Å². The average Bonchev–Trinajstić information content (AvgIpc) is 2.35. The Morgan fingerprint density at radius 1 is 1.44 bits per heavy atom. The summed E-state index contributed by atoms with van der Waals surface area (Å²) < 4.78 is 19.1. The molecule has 18 heavy (non-hydrogen) atoms. The second-order valence-corrected chi connectivity index (χ2v) is 4.44. The van der Waals surface area contributed by atoms with Crippen LogP contribution >= 0.6 is 27.5 Å². The minimum atomic E-state index is -0.692. The van der Waals surface area contributed by atoms with Gasteiger partial charge in [0.2, 0.25) is 0 Å². The number of H-pyrrole nitrogens is 1. The molecule has 0 saturated carbocycles. The Labute approximate surface area is 114 Å². The Hall–Kier alpha value is -1.47. The van der Waals surface area contributed by atoms with Gasteiger partial charge in [0, 0.05) is 4.47 Å². The van der Waals surface area contributed by atoms with E-state index < -0.39 is 11.5 Å². The van der Waals surface area contributed by atoms with Gasteiger partial charge in [0.05, 0.1) is 17.7 Å². The third kappa shape index (κ3) is 2.37. The van der Waals surface area contributed by atoms with Gasteiger partial charge in [-0.25, -0.2) is 9.18 Å². The monoisotopic (exact) mass is 333 g/mol. The quantitative estimate of drug-likeness (QED) is 0.856. The molecule has 0 saturated heterocycles. The van der Waals surface area contributed by atoms with Crippen LogP contribution in [0.4, 0.5) is 4.39 Å². The van der Waals surface area contributed by atoms with Crippen molar-refractivity contribution in [3.05, 3.63) is 37.9 Å². The molecule has 0 fully saturated rings. The van der Waals surface area contributed by atoms with Gasteiger partial charge in [-0.15, -0.1) is 4.98 Å². The highest BCUT2D eigenvalue weighted by molar-refractivity contribution is 9.10. The standard InChI is InChI=1S/C10H6BrClFN3O2/c1-18-10-15-8(14-9(17)16-10)4-2-3-5(11)6(12)7(4)13/h2-3H,1H3,(H,14,15,16,17). The molecule has 0 atom stereocenters. The second kappa shape index (κ2) is 5.03. The summed E-state index contributed by atoms with van der Waals surface area (Å²) in [5.41, 5.74) is -0.628. The Kier molecular flexibility index (Phi) is 3.63. The van der Waals surface area contributed by atoms with E-state index in [0.29, 0.717) is 4.47 Å². The largest absolute Gasteiger partial charge is 0.467 e. The number of ether oxygens (including phenoxy) is 1. The Balaban J connectivity index is 2.66. The fourth-order valence-corrected chi connectivity index (χ4v) is 1.76. The normalized spacial score (nSPS) is 10.4. The maximum atomic E-state index is 13.9. The van der Waals surface area contributed by atoms with Gasteiger partial charge in [0.25, 0.3) is 0 Å². The van der Waals surface area contributed by atoms with E-state index in [-0.39, 0.29) is 22.4 Å². The van der Waals surface area contributed by atoms with Gasteiger partial charge in [-0.2, -0.15) is 4.98 Å². The van der Waals surface area contributed by atoms with Crippen LogP contribution < -0.4 is 10.4 Å². The van der Waals surface area contributed by atoms with Gasteiger partial charge < -0.3 is 4.74 Å². The molecule has 1 aromatic heterocycles. The lowest BCUT2D eigenvalue weighted by molar-refractivity contribution is 0.376. The van der Waals surface area contributed by atoms with Gasteiger partial charge in [-0.1, -0.05) is 11.6 Å². The zero-order valence-electron chi connectivity index (χ0n) is 9.00. The van der Waals surface area contributed by atoms with Crippen molar-refractivity contribution in [2.24, 2.45) is 0 Å².